The molecule has 0 radical (unpaired) electrons. The first-order valence-corrected chi connectivity index (χ1v) is 16.1. The van der Waals surface area contributed by atoms with Crippen LogP contribution >= 0.6 is 11.3 Å². The summed E-state index contributed by atoms with van der Waals surface area (Å²) in [5, 5.41) is 2.64. The largest absolute Gasteiger partial charge is 0.296 e. The van der Waals surface area contributed by atoms with Crippen molar-refractivity contribution in [3.63, 3.8) is 0 Å². The van der Waals surface area contributed by atoms with Crippen LogP contribution in [0.2, 0.25) is 0 Å². The van der Waals surface area contributed by atoms with Crippen LogP contribution in [0.25, 0.3) is 70.3 Å². The minimum absolute atomic E-state index is 0.881. The Bertz CT molecular complexity index is 2340. The summed E-state index contributed by atoms with van der Waals surface area (Å²) in [5.41, 5.74) is 13.5. The van der Waals surface area contributed by atoms with Gasteiger partial charge >= 0.3 is 0 Å². The van der Waals surface area contributed by atoms with Crippen LogP contribution in [0, 0.1) is 13.8 Å². The Labute approximate surface area is 261 Å². The van der Waals surface area contributed by atoms with Gasteiger partial charge in [-0.3, -0.25) is 4.57 Å². The fourth-order valence-electron chi connectivity index (χ4n) is 6.60. The minimum atomic E-state index is 0.881. The van der Waals surface area contributed by atoms with Gasteiger partial charge in [-0.25, -0.2) is 4.98 Å². The summed E-state index contributed by atoms with van der Waals surface area (Å²) in [6, 6.07) is 46.6. The van der Waals surface area contributed by atoms with Crippen molar-refractivity contribution in [3.05, 3.63) is 144 Å². The van der Waals surface area contributed by atoms with E-state index in [-0.39, 0.29) is 0 Å². The van der Waals surface area contributed by atoms with Gasteiger partial charge in [0.2, 0.25) is 0 Å². The van der Waals surface area contributed by atoms with Crippen LogP contribution in [-0.4, -0.2) is 9.55 Å². The molecule has 2 heterocycles. The van der Waals surface area contributed by atoms with Crippen LogP contribution < -0.4 is 0 Å². The van der Waals surface area contributed by atoms with E-state index in [4.69, 9.17) is 4.98 Å². The van der Waals surface area contributed by atoms with E-state index in [0.29, 0.717) is 0 Å². The van der Waals surface area contributed by atoms with Crippen molar-refractivity contribution in [2.45, 2.75) is 27.2 Å². The first kappa shape index (κ1) is 26.6. The number of fused-ring (bicyclic) bond motifs is 4. The molecule has 44 heavy (non-hydrogen) atoms. The molecule has 6 aromatic carbocycles. The van der Waals surface area contributed by atoms with Crippen LogP contribution in [0.4, 0.5) is 0 Å². The molecule has 8 aromatic rings. The summed E-state index contributed by atoms with van der Waals surface area (Å²) in [6.45, 7) is 6.57. The maximum atomic E-state index is 4.89. The Morgan fingerprint density at radius 2 is 1.30 bits per heavy atom. The molecule has 0 aliphatic rings. The summed E-state index contributed by atoms with van der Waals surface area (Å²) in [5.74, 6) is 1.08. The summed E-state index contributed by atoms with van der Waals surface area (Å²) in [4.78, 5) is 4.89. The van der Waals surface area contributed by atoms with Gasteiger partial charge in [0, 0.05) is 32.3 Å². The van der Waals surface area contributed by atoms with Crippen LogP contribution in [-0.2, 0) is 6.42 Å². The number of rotatable bonds is 5. The maximum absolute atomic E-state index is 4.89. The lowest BCUT2D eigenvalue weighted by molar-refractivity contribution is 0.908. The van der Waals surface area contributed by atoms with Crippen LogP contribution in [0.15, 0.2) is 127 Å². The molecule has 3 heteroatoms. The van der Waals surface area contributed by atoms with Gasteiger partial charge in [-0.1, -0.05) is 85.8 Å². The van der Waals surface area contributed by atoms with Crippen LogP contribution in [0.1, 0.15) is 23.9 Å². The highest BCUT2D eigenvalue weighted by molar-refractivity contribution is 7.26. The molecule has 2 aromatic heterocycles. The van der Waals surface area contributed by atoms with Gasteiger partial charge in [0.1, 0.15) is 5.82 Å². The highest BCUT2D eigenvalue weighted by Crippen LogP contribution is 2.42. The quantitative estimate of drug-likeness (QED) is 0.197. The van der Waals surface area contributed by atoms with E-state index >= 15 is 0 Å². The number of benzene rings is 6. The topological polar surface area (TPSA) is 17.8 Å². The molecule has 0 aliphatic carbocycles. The Kier molecular flexibility index (Phi) is 6.43. The lowest BCUT2D eigenvalue weighted by Crippen LogP contribution is -1.99. The fraction of sp³-hybridized carbons (Fsp3) is 0.0976. The molecule has 0 spiro atoms. The van der Waals surface area contributed by atoms with Crippen molar-refractivity contribution >= 4 is 42.5 Å². The van der Waals surface area contributed by atoms with Crippen LogP contribution in [0.5, 0.6) is 0 Å². The molecule has 0 unspecified atom stereocenters. The first-order valence-electron chi connectivity index (χ1n) is 15.3. The molecule has 0 N–H and O–H groups in total. The van der Waals surface area contributed by atoms with Crippen molar-refractivity contribution in [1.29, 1.82) is 0 Å². The number of para-hydroxylation sites is 2. The number of thiophene rings is 1. The maximum Gasteiger partial charge on any atom is 0.114 e. The van der Waals surface area contributed by atoms with Gasteiger partial charge in [-0.05, 0) is 107 Å². The Morgan fingerprint density at radius 1 is 0.591 bits per heavy atom. The molecule has 0 atom stereocenters. The van der Waals surface area contributed by atoms with Gasteiger partial charge in [0.05, 0.1) is 11.0 Å². The number of aromatic nitrogens is 2. The Hall–Kier alpha value is -4.99. The lowest BCUT2D eigenvalue weighted by atomic mass is 9.92. The van der Waals surface area contributed by atoms with E-state index in [0.717, 1.165) is 29.0 Å². The van der Waals surface area contributed by atoms with E-state index in [1.54, 1.807) is 0 Å². The molecule has 0 amide bonds. The summed E-state index contributed by atoms with van der Waals surface area (Å²) in [6.07, 6.45) is 0.881. The number of imidazole rings is 1. The number of aryl methyl sites for hydroxylation is 3. The van der Waals surface area contributed by atoms with E-state index in [2.05, 4.69) is 153 Å². The zero-order valence-corrected chi connectivity index (χ0v) is 26.0. The van der Waals surface area contributed by atoms with Gasteiger partial charge in [0.25, 0.3) is 0 Å². The molecule has 0 bridgehead atoms. The summed E-state index contributed by atoms with van der Waals surface area (Å²) >= 11 is 1.87. The normalized spacial score (nSPS) is 11.6. The molecular weight excluding hydrogens is 553 g/mol. The standard InChI is InChI=1S/C41H32N2S/c1-4-40-42-36-13-7-8-14-37(36)43(40)31-21-18-28(19-22-31)33-12-9-15-39-41(33)35-25-30(20-23-38(35)44-39)29-17-16-27(3)34(24-29)32-11-6-5-10-26(32)2/h5-25H,4H2,1-3H3. The van der Waals surface area contributed by atoms with Gasteiger partial charge in [-0.2, -0.15) is 0 Å². The summed E-state index contributed by atoms with van der Waals surface area (Å²) in [7, 11) is 0. The Morgan fingerprint density at radius 3 is 2.14 bits per heavy atom. The predicted molar refractivity (Wildman–Crippen MR) is 189 cm³/mol. The average molecular weight is 585 g/mol. The Balaban J connectivity index is 1.24. The first-order chi connectivity index (χ1) is 21.6. The third kappa shape index (κ3) is 4.35. The minimum Gasteiger partial charge on any atom is -0.296 e. The van der Waals surface area contributed by atoms with Gasteiger partial charge < -0.3 is 0 Å². The van der Waals surface area contributed by atoms with Gasteiger partial charge in [0.15, 0.2) is 0 Å². The summed E-state index contributed by atoms with van der Waals surface area (Å²) < 4.78 is 4.92. The molecule has 2 nitrogen and oxygen atoms in total. The molecule has 0 fully saturated rings. The van der Waals surface area contributed by atoms with Crippen molar-refractivity contribution in [3.8, 4) is 39.1 Å². The lowest BCUT2D eigenvalue weighted by Gasteiger charge is -2.12. The number of hydrogen-bond acceptors (Lipinski definition) is 2. The zero-order valence-electron chi connectivity index (χ0n) is 25.1. The zero-order chi connectivity index (χ0) is 29.8. The van der Waals surface area contributed by atoms with Crippen LogP contribution in [0.3, 0.4) is 0 Å². The smallest absolute Gasteiger partial charge is 0.114 e. The molecule has 8 rings (SSSR count). The molecule has 0 saturated heterocycles. The van der Waals surface area contributed by atoms with Crippen molar-refractivity contribution < 1.29 is 0 Å². The second-order valence-corrected chi connectivity index (χ2v) is 12.7. The number of nitrogens with zero attached hydrogens (tertiary/aromatic N) is 2. The molecule has 212 valence electrons. The fourth-order valence-corrected chi connectivity index (χ4v) is 7.72. The number of hydrogen-bond donors (Lipinski definition) is 0. The van der Waals surface area contributed by atoms with E-state index in [1.807, 2.05) is 11.3 Å². The van der Waals surface area contributed by atoms with Gasteiger partial charge in [-0.15, -0.1) is 11.3 Å². The second kappa shape index (κ2) is 10.6. The van der Waals surface area contributed by atoms with E-state index in [9.17, 15) is 0 Å². The molecular formula is C41H32N2S. The van der Waals surface area contributed by atoms with Crippen molar-refractivity contribution in [2.24, 2.45) is 0 Å². The predicted octanol–water partition coefficient (Wildman–Crippen LogP) is 11.6. The highest BCUT2D eigenvalue weighted by atomic mass is 32.1. The third-order valence-corrected chi connectivity index (χ3v) is 10.0. The third-order valence-electron chi connectivity index (χ3n) is 8.88. The van der Waals surface area contributed by atoms with Crippen molar-refractivity contribution in [2.75, 3.05) is 0 Å². The average Bonchev–Trinajstić information content (AvgIpc) is 3.63. The van der Waals surface area contributed by atoms with E-state index < -0.39 is 0 Å². The van der Waals surface area contributed by atoms with Crippen molar-refractivity contribution in [1.82, 2.24) is 9.55 Å². The highest BCUT2D eigenvalue weighted by Gasteiger charge is 2.15. The molecule has 0 aliphatic heterocycles. The monoisotopic (exact) mass is 584 g/mol. The second-order valence-electron chi connectivity index (χ2n) is 11.6. The molecule has 0 saturated carbocycles. The van der Waals surface area contributed by atoms with E-state index in [1.165, 1.54) is 64.7 Å². The SMILES string of the molecule is CCc1nc2ccccc2n1-c1ccc(-c2cccc3sc4ccc(-c5ccc(C)c(-c6ccccc6C)c5)cc4c23)cc1.